The van der Waals surface area contributed by atoms with Crippen LogP contribution >= 0.6 is 11.6 Å². The van der Waals surface area contributed by atoms with Gasteiger partial charge in [-0.15, -0.1) is 0 Å². The van der Waals surface area contributed by atoms with Gasteiger partial charge >= 0.3 is 6.17 Å². The molecule has 1 rings (SSSR count). The lowest BCUT2D eigenvalue weighted by molar-refractivity contribution is -0.754. The predicted molar refractivity (Wildman–Crippen MR) is 41.6 cm³/mol. The highest BCUT2D eigenvalue weighted by atomic mass is 35.5. The van der Waals surface area contributed by atoms with Crippen molar-refractivity contribution in [3.05, 3.63) is 37.7 Å². The first kappa shape index (κ1) is 10.2. The molecule has 9 nitrogen and oxygen atoms in total. The lowest BCUT2D eigenvalue weighted by Crippen LogP contribution is -2.22. The second-order valence-corrected chi connectivity index (χ2v) is 2.40. The van der Waals surface area contributed by atoms with Crippen LogP contribution in [-0.2, 0) is 0 Å². The molecule has 0 aliphatic rings. The molecule has 0 aromatic carbocycles. The maximum atomic E-state index is 10.3. The molecule has 14 heavy (non-hydrogen) atoms. The van der Waals surface area contributed by atoms with E-state index in [1.165, 1.54) is 0 Å². The second kappa shape index (κ2) is 3.87. The zero-order valence-electron chi connectivity index (χ0n) is 6.40. The van der Waals surface area contributed by atoms with E-state index in [1.807, 2.05) is 0 Å². The Hall–Kier alpha value is -1.90. The number of halogens is 1. The Morgan fingerprint density at radius 2 is 1.86 bits per heavy atom. The average molecular weight is 220 g/mol. The number of nitrogens with zero attached hydrogens (tertiary/aromatic N) is 5. The molecule has 0 amide bonds. The standard InChI is InChI=1S/C4H2ClN5O4/c5-4-7-1-6-2(8-4)3(9(11)12)10(13)14/h1,3H. The minimum Gasteiger partial charge on any atom is -0.258 e. The Balaban J connectivity index is 3.12. The number of hydrogen-bond acceptors (Lipinski definition) is 7. The number of nitro groups is 2. The SMILES string of the molecule is O=[N+]([O-])C(c1ncnc(Cl)n1)[N+](=O)[O-]. The van der Waals surface area contributed by atoms with Crippen LogP contribution in [0.1, 0.15) is 12.0 Å². The van der Waals surface area contributed by atoms with Gasteiger partial charge in [0.25, 0.3) is 5.82 Å². The van der Waals surface area contributed by atoms with E-state index in [0.29, 0.717) is 0 Å². The third-order valence-electron chi connectivity index (χ3n) is 1.19. The fourth-order valence-corrected chi connectivity index (χ4v) is 0.808. The van der Waals surface area contributed by atoms with Gasteiger partial charge in [-0.05, 0) is 11.6 Å². The first-order chi connectivity index (χ1) is 6.52. The summed E-state index contributed by atoms with van der Waals surface area (Å²) in [5.74, 6) is -0.597. The lowest BCUT2D eigenvalue weighted by atomic mass is 10.5. The molecular weight excluding hydrogens is 218 g/mol. The maximum absolute atomic E-state index is 10.3. The molecule has 0 saturated heterocycles. The van der Waals surface area contributed by atoms with Gasteiger partial charge in [0.1, 0.15) is 16.2 Å². The van der Waals surface area contributed by atoms with E-state index in [-0.39, 0.29) is 5.28 Å². The van der Waals surface area contributed by atoms with Crippen molar-refractivity contribution >= 4 is 11.6 Å². The van der Waals surface area contributed by atoms with Gasteiger partial charge in [0, 0.05) is 0 Å². The third-order valence-corrected chi connectivity index (χ3v) is 1.37. The summed E-state index contributed by atoms with van der Waals surface area (Å²) in [6.07, 6.45) is -1.35. The summed E-state index contributed by atoms with van der Waals surface area (Å²) in [6.45, 7) is 0. The number of aromatic nitrogens is 3. The van der Waals surface area contributed by atoms with Crippen LogP contribution in [0.3, 0.4) is 0 Å². The van der Waals surface area contributed by atoms with E-state index in [4.69, 9.17) is 11.6 Å². The lowest BCUT2D eigenvalue weighted by Gasteiger charge is -1.99. The Kier molecular flexibility index (Phi) is 2.82. The van der Waals surface area contributed by atoms with Crippen LogP contribution < -0.4 is 0 Å². The monoisotopic (exact) mass is 219 g/mol. The molecule has 1 heterocycles. The summed E-state index contributed by atoms with van der Waals surface area (Å²) in [5, 5.41) is 20.2. The van der Waals surface area contributed by atoms with Crippen LogP contribution in [0.4, 0.5) is 0 Å². The molecule has 1 aromatic rings. The van der Waals surface area contributed by atoms with E-state index in [0.717, 1.165) is 6.33 Å². The van der Waals surface area contributed by atoms with Crippen LogP contribution in [-0.4, -0.2) is 24.8 Å². The van der Waals surface area contributed by atoms with E-state index >= 15 is 0 Å². The highest BCUT2D eigenvalue weighted by Crippen LogP contribution is 2.12. The molecule has 0 aliphatic carbocycles. The minimum atomic E-state index is -2.21. The second-order valence-electron chi connectivity index (χ2n) is 2.06. The highest BCUT2D eigenvalue weighted by Gasteiger charge is 2.38. The Morgan fingerprint density at radius 1 is 1.29 bits per heavy atom. The van der Waals surface area contributed by atoms with Crippen LogP contribution in [0.15, 0.2) is 6.33 Å². The van der Waals surface area contributed by atoms with Crippen molar-refractivity contribution in [3.8, 4) is 0 Å². The van der Waals surface area contributed by atoms with Gasteiger partial charge in [0.15, 0.2) is 0 Å². The van der Waals surface area contributed by atoms with Crippen molar-refractivity contribution in [3.63, 3.8) is 0 Å². The fraction of sp³-hybridized carbons (Fsp3) is 0.250. The summed E-state index contributed by atoms with van der Waals surface area (Å²) >= 11 is 5.29. The topological polar surface area (TPSA) is 125 Å². The van der Waals surface area contributed by atoms with E-state index in [2.05, 4.69) is 15.0 Å². The van der Waals surface area contributed by atoms with Gasteiger partial charge < -0.3 is 0 Å². The molecule has 0 bridgehead atoms. The molecular formula is C4H2ClN5O4. The largest absolute Gasteiger partial charge is 0.509 e. The smallest absolute Gasteiger partial charge is 0.258 e. The Bertz CT molecular complexity index is 370. The number of hydrogen-bond donors (Lipinski definition) is 0. The molecule has 0 unspecified atom stereocenters. The van der Waals surface area contributed by atoms with Gasteiger partial charge in [0.05, 0.1) is 0 Å². The molecule has 0 radical (unpaired) electrons. The van der Waals surface area contributed by atoms with Crippen LogP contribution in [0.5, 0.6) is 0 Å². The first-order valence-electron chi connectivity index (χ1n) is 3.14. The van der Waals surface area contributed by atoms with Crippen molar-refractivity contribution in [1.29, 1.82) is 0 Å². The maximum Gasteiger partial charge on any atom is 0.509 e. The van der Waals surface area contributed by atoms with E-state index < -0.39 is 21.8 Å². The van der Waals surface area contributed by atoms with Gasteiger partial charge in [-0.1, -0.05) is 0 Å². The van der Waals surface area contributed by atoms with Crippen molar-refractivity contribution in [2.45, 2.75) is 6.17 Å². The molecule has 0 spiro atoms. The summed E-state index contributed by atoms with van der Waals surface area (Å²) in [5.41, 5.74) is 0. The molecule has 10 heteroatoms. The molecule has 0 atom stereocenters. The molecule has 1 aromatic heterocycles. The van der Waals surface area contributed by atoms with Crippen molar-refractivity contribution in [1.82, 2.24) is 15.0 Å². The zero-order chi connectivity index (χ0) is 10.7. The Labute approximate surface area is 81.1 Å². The van der Waals surface area contributed by atoms with Crippen LogP contribution in [0, 0.1) is 20.2 Å². The summed E-state index contributed by atoms with van der Waals surface area (Å²) < 4.78 is 0. The molecule has 0 N–H and O–H groups in total. The van der Waals surface area contributed by atoms with Crippen molar-refractivity contribution in [2.24, 2.45) is 0 Å². The van der Waals surface area contributed by atoms with Crippen molar-refractivity contribution in [2.75, 3.05) is 0 Å². The molecule has 0 aliphatic heterocycles. The van der Waals surface area contributed by atoms with Crippen molar-refractivity contribution < 1.29 is 9.85 Å². The normalized spacial score (nSPS) is 10.1. The average Bonchev–Trinajstić information content (AvgIpc) is 2.02. The fourth-order valence-electron chi connectivity index (χ4n) is 0.678. The summed E-state index contributed by atoms with van der Waals surface area (Å²) in [6, 6.07) is 0. The molecule has 74 valence electrons. The summed E-state index contributed by atoms with van der Waals surface area (Å²) in [4.78, 5) is 28.2. The van der Waals surface area contributed by atoms with Gasteiger partial charge in [0.2, 0.25) is 5.28 Å². The van der Waals surface area contributed by atoms with Gasteiger partial charge in [-0.2, -0.15) is 4.98 Å². The van der Waals surface area contributed by atoms with Crippen LogP contribution in [0.2, 0.25) is 5.28 Å². The van der Waals surface area contributed by atoms with E-state index in [9.17, 15) is 20.2 Å². The summed E-state index contributed by atoms with van der Waals surface area (Å²) in [7, 11) is 0. The predicted octanol–water partition coefficient (Wildman–Crippen LogP) is 0.0770. The molecule has 0 saturated carbocycles. The quantitative estimate of drug-likeness (QED) is 0.400. The first-order valence-corrected chi connectivity index (χ1v) is 3.51. The van der Waals surface area contributed by atoms with Crippen LogP contribution in [0.25, 0.3) is 0 Å². The van der Waals surface area contributed by atoms with Gasteiger partial charge in [-0.25, -0.2) is 9.97 Å². The zero-order valence-corrected chi connectivity index (χ0v) is 7.16. The van der Waals surface area contributed by atoms with Gasteiger partial charge in [-0.3, -0.25) is 20.2 Å². The third kappa shape index (κ3) is 2.07. The minimum absolute atomic E-state index is 0.330. The molecule has 0 fully saturated rings. The van der Waals surface area contributed by atoms with E-state index in [1.54, 1.807) is 0 Å². The highest BCUT2D eigenvalue weighted by molar-refractivity contribution is 6.28. The Morgan fingerprint density at radius 3 is 2.29 bits per heavy atom. The number of rotatable bonds is 3.